The second kappa shape index (κ2) is 6.55. The molecule has 18 heavy (non-hydrogen) atoms. The fraction of sp³-hybridized carbons (Fsp3) is 0.182. The normalized spacial score (nSPS) is 10.3. The Morgan fingerprint density at radius 1 is 1.33 bits per heavy atom. The fourth-order valence-electron chi connectivity index (χ4n) is 1.09. The molecule has 0 saturated heterocycles. The van der Waals surface area contributed by atoms with E-state index in [-0.39, 0.29) is 0 Å². The molecular formula is C11H12N2O4S. The van der Waals surface area contributed by atoms with Crippen LogP contribution in [0.4, 0.5) is 4.79 Å². The molecular weight excluding hydrogens is 256 g/mol. The summed E-state index contributed by atoms with van der Waals surface area (Å²) in [5.74, 6) is -2.03. The summed E-state index contributed by atoms with van der Waals surface area (Å²) in [5.41, 5.74) is 0. The number of carboxylic acids is 1. The Bertz CT molecular complexity index is 493. The predicted octanol–water partition coefficient (Wildman–Crippen LogP) is 1.02. The molecule has 0 aliphatic carbocycles. The van der Waals surface area contributed by atoms with Crippen molar-refractivity contribution in [3.8, 4) is 0 Å². The van der Waals surface area contributed by atoms with Crippen molar-refractivity contribution in [1.29, 1.82) is 0 Å². The van der Waals surface area contributed by atoms with Crippen LogP contribution < -0.4 is 10.6 Å². The zero-order valence-electron chi connectivity index (χ0n) is 9.60. The molecule has 0 fully saturated rings. The van der Waals surface area contributed by atoms with E-state index in [2.05, 4.69) is 5.32 Å². The molecule has 1 aromatic heterocycles. The topological polar surface area (TPSA) is 95.5 Å². The van der Waals surface area contributed by atoms with Crippen LogP contribution in [-0.4, -0.2) is 23.0 Å². The van der Waals surface area contributed by atoms with Crippen LogP contribution in [0.1, 0.15) is 9.75 Å². The highest BCUT2D eigenvalue weighted by atomic mass is 32.1. The summed E-state index contributed by atoms with van der Waals surface area (Å²) < 4.78 is 0. The van der Waals surface area contributed by atoms with Gasteiger partial charge in [-0.05, 0) is 19.1 Å². The molecule has 3 N–H and O–H groups in total. The number of urea groups is 1. The van der Waals surface area contributed by atoms with E-state index >= 15 is 0 Å². The van der Waals surface area contributed by atoms with Crippen LogP contribution in [0.15, 0.2) is 24.3 Å². The van der Waals surface area contributed by atoms with Gasteiger partial charge in [-0.25, -0.2) is 9.59 Å². The lowest BCUT2D eigenvalue weighted by atomic mass is 10.4. The first-order valence-corrected chi connectivity index (χ1v) is 5.84. The second-order valence-electron chi connectivity index (χ2n) is 3.36. The summed E-state index contributed by atoms with van der Waals surface area (Å²) in [6, 6.07) is 3.15. The van der Waals surface area contributed by atoms with E-state index in [9.17, 15) is 14.4 Å². The van der Waals surface area contributed by atoms with Gasteiger partial charge in [-0.15, -0.1) is 11.3 Å². The molecule has 1 heterocycles. The van der Waals surface area contributed by atoms with Crippen molar-refractivity contribution in [2.45, 2.75) is 13.5 Å². The number of hydrogen-bond acceptors (Lipinski definition) is 4. The Balaban J connectivity index is 2.33. The van der Waals surface area contributed by atoms with Gasteiger partial charge in [0, 0.05) is 21.9 Å². The minimum absolute atomic E-state index is 0.320. The van der Waals surface area contributed by atoms with E-state index in [0.29, 0.717) is 12.6 Å². The van der Waals surface area contributed by atoms with Gasteiger partial charge in [0.2, 0.25) is 0 Å². The van der Waals surface area contributed by atoms with Gasteiger partial charge in [0.05, 0.1) is 6.54 Å². The van der Waals surface area contributed by atoms with Crippen molar-refractivity contribution in [1.82, 2.24) is 10.6 Å². The zero-order valence-corrected chi connectivity index (χ0v) is 10.4. The number of carboxylic acid groups (broad SMARTS) is 1. The molecule has 96 valence electrons. The minimum Gasteiger partial charge on any atom is -0.478 e. The van der Waals surface area contributed by atoms with Gasteiger partial charge in [-0.1, -0.05) is 0 Å². The molecule has 7 heteroatoms. The molecule has 0 bridgehead atoms. The summed E-state index contributed by atoms with van der Waals surface area (Å²) >= 11 is 1.54. The van der Waals surface area contributed by atoms with Crippen LogP contribution in [-0.2, 0) is 16.1 Å². The van der Waals surface area contributed by atoms with Gasteiger partial charge < -0.3 is 10.4 Å². The first-order valence-electron chi connectivity index (χ1n) is 5.02. The number of imide groups is 1. The second-order valence-corrected chi connectivity index (χ2v) is 4.73. The molecule has 0 unspecified atom stereocenters. The van der Waals surface area contributed by atoms with Crippen molar-refractivity contribution in [3.05, 3.63) is 34.0 Å². The Labute approximate surface area is 107 Å². The molecule has 0 aliphatic rings. The van der Waals surface area contributed by atoms with Gasteiger partial charge in [0.1, 0.15) is 0 Å². The number of aryl methyl sites for hydroxylation is 1. The first kappa shape index (κ1) is 13.9. The molecule has 0 aromatic carbocycles. The summed E-state index contributed by atoms with van der Waals surface area (Å²) in [6.07, 6.45) is 1.43. The molecule has 3 amide bonds. The number of amides is 3. The van der Waals surface area contributed by atoms with Crippen LogP contribution >= 0.6 is 11.3 Å². The quantitative estimate of drug-likeness (QED) is 0.710. The van der Waals surface area contributed by atoms with Gasteiger partial charge in [0.25, 0.3) is 5.91 Å². The molecule has 0 spiro atoms. The molecule has 0 radical (unpaired) electrons. The van der Waals surface area contributed by atoms with Crippen LogP contribution in [0.25, 0.3) is 0 Å². The Hall–Kier alpha value is -2.15. The fourth-order valence-corrected chi connectivity index (χ4v) is 1.92. The third-order valence-corrected chi connectivity index (χ3v) is 2.83. The smallest absolute Gasteiger partial charge is 0.328 e. The molecule has 0 saturated carbocycles. The Morgan fingerprint density at radius 2 is 2.06 bits per heavy atom. The minimum atomic E-state index is -1.25. The van der Waals surface area contributed by atoms with E-state index in [1.807, 2.05) is 24.4 Å². The maximum absolute atomic E-state index is 11.3. The summed E-state index contributed by atoms with van der Waals surface area (Å²) in [5, 5.41) is 12.8. The standard InChI is InChI=1S/C11H12N2O4S/c1-7-2-3-8(18-7)6-12-11(17)13-9(14)4-5-10(15)16/h2-5H,6H2,1H3,(H,15,16)(H2,12,13,14,17). The zero-order chi connectivity index (χ0) is 13.5. The lowest BCUT2D eigenvalue weighted by molar-refractivity contribution is -0.131. The Kier molecular flexibility index (Phi) is 5.06. The lowest BCUT2D eigenvalue weighted by Gasteiger charge is -2.02. The van der Waals surface area contributed by atoms with Gasteiger partial charge in [-0.2, -0.15) is 0 Å². The van der Waals surface area contributed by atoms with Crippen LogP contribution in [0.5, 0.6) is 0 Å². The van der Waals surface area contributed by atoms with Crippen molar-refractivity contribution in [3.63, 3.8) is 0 Å². The summed E-state index contributed by atoms with van der Waals surface area (Å²) in [7, 11) is 0. The number of carbonyl (C=O) groups is 3. The van der Waals surface area contributed by atoms with E-state index in [0.717, 1.165) is 15.8 Å². The van der Waals surface area contributed by atoms with E-state index in [4.69, 9.17) is 5.11 Å². The van der Waals surface area contributed by atoms with E-state index < -0.39 is 17.9 Å². The van der Waals surface area contributed by atoms with Crippen molar-refractivity contribution < 1.29 is 19.5 Å². The van der Waals surface area contributed by atoms with Crippen molar-refractivity contribution >= 4 is 29.2 Å². The number of carbonyl (C=O) groups excluding carboxylic acids is 2. The van der Waals surface area contributed by atoms with Crippen molar-refractivity contribution in [2.24, 2.45) is 0 Å². The average molecular weight is 268 g/mol. The number of hydrogen-bond donors (Lipinski definition) is 3. The van der Waals surface area contributed by atoms with E-state index in [1.54, 1.807) is 11.3 Å². The van der Waals surface area contributed by atoms with Gasteiger partial charge >= 0.3 is 12.0 Å². The van der Waals surface area contributed by atoms with E-state index in [1.165, 1.54) is 0 Å². The number of rotatable bonds is 4. The van der Waals surface area contributed by atoms with Crippen LogP contribution in [0.2, 0.25) is 0 Å². The molecule has 0 atom stereocenters. The highest BCUT2D eigenvalue weighted by Crippen LogP contribution is 2.14. The van der Waals surface area contributed by atoms with Crippen LogP contribution in [0.3, 0.4) is 0 Å². The first-order chi connectivity index (χ1) is 8.47. The third-order valence-electron chi connectivity index (χ3n) is 1.83. The number of thiophene rings is 1. The Morgan fingerprint density at radius 3 is 2.61 bits per heavy atom. The average Bonchev–Trinajstić information content (AvgIpc) is 2.70. The molecule has 0 aliphatic heterocycles. The molecule has 6 nitrogen and oxygen atoms in total. The third kappa shape index (κ3) is 5.26. The van der Waals surface area contributed by atoms with Crippen LogP contribution in [0, 0.1) is 6.92 Å². The van der Waals surface area contributed by atoms with Crippen molar-refractivity contribution in [2.75, 3.05) is 0 Å². The maximum atomic E-state index is 11.3. The maximum Gasteiger partial charge on any atom is 0.328 e. The monoisotopic (exact) mass is 268 g/mol. The number of nitrogens with one attached hydrogen (secondary N) is 2. The predicted molar refractivity (Wildman–Crippen MR) is 66.2 cm³/mol. The SMILES string of the molecule is Cc1ccc(CNC(=O)NC(=O)C=CC(=O)O)s1. The number of aliphatic carboxylic acids is 1. The summed E-state index contributed by atoms with van der Waals surface area (Å²) in [4.78, 5) is 34.5. The molecule has 1 aromatic rings. The van der Waals surface area contributed by atoms with Gasteiger partial charge in [-0.3, -0.25) is 10.1 Å². The molecule has 1 rings (SSSR count). The largest absolute Gasteiger partial charge is 0.478 e. The highest BCUT2D eigenvalue weighted by Gasteiger charge is 2.05. The highest BCUT2D eigenvalue weighted by molar-refractivity contribution is 7.11. The summed E-state index contributed by atoms with van der Waals surface area (Å²) in [6.45, 7) is 2.27. The van der Waals surface area contributed by atoms with Gasteiger partial charge in [0.15, 0.2) is 0 Å². The lowest BCUT2D eigenvalue weighted by Crippen LogP contribution is -2.38.